The van der Waals surface area contributed by atoms with E-state index < -0.39 is 32.5 Å². The van der Waals surface area contributed by atoms with Gasteiger partial charge in [-0.25, -0.2) is 4.57 Å². The van der Waals surface area contributed by atoms with Crippen molar-refractivity contribution in [3.63, 3.8) is 0 Å². The van der Waals surface area contributed by atoms with Crippen molar-refractivity contribution in [3.8, 4) is 0 Å². The van der Waals surface area contributed by atoms with Gasteiger partial charge in [0.1, 0.15) is 6.61 Å². The van der Waals surface area contributed by atoms with E-state index in [1.807, 2.05) is 0 Å². The zero-order chi connectivity index (χ0) is 38.2. The van der Waals surface area contributed by atoms with Crippen LogP contribution >= 0.6 is 7.82 Å². The summed E-state index contributed by atoms with van der Waals surface area (Å²) in [6, 6.07) is 0. The monoisotopic (exact) mass is 752 g/mol. The third-order valence-electron chi connectivity index (χ3n) is 8.14. The molecule has 0 saturated carbocycles. The van der Waals surface area contributed by atoms with Crippen LogP contribution in [0.25, 0.3) is 0 Å². The number of carbonyl (C=O) groups is 2. The summed E-state index contributed by atoms with van der Waals surface area (Å²) < 4.78 is 32.7. The number of phosphoric acid groups is 1. The maximum absolute atomic E-state index is 12.6. The van der Waals surface area contributed by atoms with Crippen LogP contribution in [0.1, 0.15) is 162 Å². The van der Waals surface area contributed by atoms with E-state index in [0.29, 0.717) is 12.8 Å². The first kappa shape index (κ1) is 49.7. The van der Waals surface area contributed by atoms with Gasteiger partial charge < -0.3 is 20.1 Å². The van der Waals surface area contributed by atoms with Crippen molar-refractivity contribution in [3.05, 3.63) is 60.8 Å². The Balaban J connectivity index is 4.23. The van der Waals surface area contributed by atoms with Crippen molar-refractivity contribution in [2.24, 2.45) is 5.73 Å². The van der Waals surface area contributed by atoms with Gasteiger partial charge in [0.2, 0.25) is 0 Å². The van der Waals surface area contributed by atoms with E-state index in [0.717, 1.165) is 89.9 Å². The van der Waals surface area contributed by atoms with Gasteiger partial charge in [0.15, 0.2) is 6.10 Å². The molecule has 0 bridgehead atoms. The fourth-order valence-corrected chi connectivity index (χ4v) is 5.90. The first-order chi connectivity index (χ1) is 25.3. The first-order valence-corrected chi connectivity index (χ1v) is 21.8. The maximum atomic E-state index is 12.6. The lowest BCUT2D eigenvalue weighted by Gasteiger charge is -2.19. The Hall–Kier alpha value is -2.29. The van der Waals surface area contributed by atoms with Crippen molar-refractivity contribution >= 4 is 19.8 Å². The second kappa shape index (κ2) is 38.4. The minimum Gasteiger partial charge on any atom is -0.462 e. The zero-order valence-corrected chi connectivity index (χ0v) is 33.7. The third kappa shape index (κ3) is 37.5. The molecule has 0 aliphatic carbocycles. The summed E-state index contributed by atoms with van der Waals surface area (Å²) >= 11 is 0. The lowest BCUT2D eigenvalue weighted by atomic mass is 10.1. The van der Waals surface area contributed by atoms with Crippen LogP contribution in [0.4, 0.5) is 0 Å². The number of nitrogens with two attached hydrogens (primary N) is 1. The van der Waals surface area contributed by atoms with Gasteiger partial charge in [0.25, 0.3) is 0 Å². The van der Waals surface area contributed by atoms with E-state index in [1.54, 1.807) is 0 Å². The average molecular weight is 752 g/mol. The predicted molar refractivity (Wildman–Crippen MR) is 215 cm³/mol. The van der Waals surface area contributed by atoms with Crippen LogP contribution in [0.2, 0.25) is 0 Å². The quantitative estimate of drug-likeness (QED) is 0.0275. The molecule has 0 aliphatic rings. The molecule has 0 aliphatic heterocycles. The minimum atomic E-state index is -4.38. The van der Waals surface area contributed by atoms with Crippen LogP contribution in [0.3, 0.4) is 0 Å². The van der Waals surface area contributed by atoms with Gasteiger partial charge in [-0.1, -0.05) is 139 Å². The Morgan fingerprint density at radius 1 is 0.596 bits per heavy atom. The number of carbonyl (C=O) groups excluding carboxylic acids is 2. The number of ether oxygens (including phenoxy) is 2. The maximum Gasteiger partial charge on any atom is 0.472 e. The molecule has 0 aromatic heterocycles. The van der Waals surface area contributed by atoms with Crippen LogP contribution in [0.15, 0.2) is 60.8 Å². The molecule has 0 aromatic carbocycles. The molecular formula is C42H74NO8P. The molecule has 10 heteroatoms. The van der Waals surface area contributed by atoms with Gasteiger partial charge in [-0.3, -0.25) is 18.6 Å². The molecule has 2 atom stereocenters. The Labute approximate surface area is 317 Å². The summed E-state index contributed by atoms with van der Waals surface area (Å²) in [5.41, 5.74) is 5.34. The van der Waals surface area contributed by atoms with Crippen molar-refractivity contribution in [1.82, 2.24) is 0 Å². The summed E-state index contributed by atoms with van der Waals surface area (Å²) in [5.74, 6) is -0.862. The summed E-state index contributed by atoms with van der Waals surface area (Å²) in [4.78, 5) is 34.8. The van der Waals surface area contributed by atoms with E-state index >= 15 is 0 Å². The molecule has 3 N–H and O–H groups in total. The first-order valence-electron chi connectivity index (χ1n) is 20.3. The Bertz CT molecular complexity index is 1040. The van der Waals surface area contributed by atoms with Gasteiger partial charge in [-0.05, 0) is 70.6 Å². The molecule has 9 nitrogen and oxygen atoms in total. The molecular weight excluding hydrogens is 677 g/mol. The van der Waals surface area contributed by atoms with Crippen LogP contribution in [0, 0.1) is 0 Å². The van der Waals surface area contributed by atoms with Crippen LogP contribution in [0.5, 0.6) is 0 Å². The lowest BCUT2D eigenvalue weighted by Crippen LogP contribution is -2.29. The molecule has 0 radical (unpaired) electrons. The second-order valence-electron chi connectivity index (χ2n) is 13.1. The van der Waals surface area contributed by atoms with Crippen LogP contribution in [-0.2, 0) is 32.7 Å². The molecule has 0 saturated heterocycles. The number of unbranched alkanes of at least 4 members (excludes halogenated alkanes) is 14. The molecule has 0 aromatic rings. The summed E-state index contributed by atoms with van der Waals surface area (Å²) in [5, 5.41) is 0. The molecule has 300 valence electrons. The molecule has 0 rings (SSSR count). The van der Waals surface area contributed by atoms with Gasteiger partial charge in [-0.2, -0.15) is 0 Å². The van der Waals surface area contributed by atoms with E-state index in [1.165, 1.54) is 32.1 Å². The topological polar surface area (TPSA) is 134 Å². The predicted octanol–water partition coefficient (Wildman–Crippen LogP) is 11.3. The molecule has 52 heavy (non-hydrogen) atoms. The van der Waals surface area contributed by atoms with Gasteiger partial charge in [-0.15, -0.1) is 0 Å². The lowest BCUT2D eigenvalue weighted by molar-refractivity contribution is -0.161. The number of hydrogen-bond donors (Lipinski definition) is 2. The number of phosphoric ester groups is 1. The molecule has 0 spiro atoms. The fraction of sp³-hybridized carbons (Fsp3) is 0.714. The van der Waals surface area contributed by atoms with Gasteiger partial charge in [0.05, 0.1) is 13.2 Å². The normalized spacial score (nSPS) is 14.0. The molecule has 0 amide bonds. The van der Waals surface area contributed by atoms with E-state index in [2.05, 4.69) is 74.6 Å². The van der Waals surface area contributed by atoms with Crippen molar-refractivity contribution in [2.75, 3.05) is 26.4 Å². The standard InChI is InChI=1S/C42H74NO8P/c1-3-5-7-9-11-13-15-17-19-20-21-23-25-27-29-31-33-35-42(45)51-40(39-50-52(46,47)49-37-36-43)38-48-41(44)34-32-30-28-26-24-22-18-16-14-12-10-8-6-4-2/h5,7,10-13,16-19,40H,3-4,6,8-9,14-15,20-39,43H2,1-2H3,(H,46,47)/b7-5-,12-10-,13-11-,18-16-,19-17-. The summed E-state index contributed by atoms with van der Waals surface area (Å²) in [7, 11) is -4.38. The van der Waals surface area contributed by atoms with E-state index in [4.69, 9.17) is 24.3 Å². The highest BCUT2D eigenvalue weighted by molar-refractivity contribution is 7.47. The van der Waals surface area contributed by atoms with Crippen molar-refractivity contribution in [2.45, 2.75) is 168 Å². The molecule has 0 fully saturated rings. The van der Waals surface area contributed by atoms with Gasteiger partial charge >= 0.3 is 19.8 Å². The number of rotatable bonds is 37. The molecule has 0 heterocycles. The second-order valence-corrected chi connectivity index (χ2v) is 14.6. The number of esters is 2. The minimum absolute atomic E-state index is 0.0468. The summed E-state index contributed by atoms with van der Waals surface area (Å²) in [6.45, 7) is 3.53. The Kier molecular flexibility index (Phi) is 36.7. The highest BCUT2D eigenvalue weighted by Crippen LogP contribution is 2.43. The number of allylic oxidation sites excluding steroid dienone is 10. The Morgan fingerprint density at radius 2 is 1.06 bits per heavy atom. The summed E-state index contributed by atoms with van der Waals surface area (Å²) in [6.07, 6.45) is 43.9. The highest BCUT2D eigenvalue weighted by Gasteiger charge is 2.25. The zero-order valence-electron chi connectivity index (χ0n) is 32.8. The average Bonchev–Trinajstić information content (AvgIpc) is 3.13. The SMILES string of the molecule is CC/C=C\C/C=C\C/C=C\CCCCCCCCCC(=O)OC(COC(=O)CCCCCCC/C=C\C/C=C\CCCC)COP(=O)(O)OCCN. The van der Waals surface area contributed by atoms with E-state index in [-0.39, 0.29) is 32.6 Å². The Morgan fingerprint density at radius 3 is 1.58 bits per heavy atom. The molecule has 2 unspecified atom stereocenters. The van der Waals surface area contributed by atoms with Crippen molar-refractivity contribution in [1.29, 1.82) is 0 Å². The third-order valence-corrected chi connectivity index (χ3v) is 9.12. The smallest absolute Gasteiger partial charge is 0.462 e. The number of hydrogen-bond acceptors (Lipinski definition) is 8. The highest BCUT2D eigenvalue weighted by atomic mass is 31.2. The van der Waals surface area contributed by atoms with Crippen molar-refractivity contribution < 1.29 is 37.6 Å². The van der Waals surface area contributed by atoms with Gasteiger partial charge in [0, 0.05) is 19.4 Å². The largest absolute Gasteiger partial charge is 0.472 e. The van der Waals surface area contributed by atoms with Crippen LogP contribution in [-0.4, -0.2) is 49.3 Å². The fourth-order valence-electron chi connectivity index (χ4n) is 5.13. The van der Waals surface area contributed by atoms with E-state index in [9.17, 15) is 19.0 Å². The van der Waals surface area contributed by atoms with Crippen LogP contribution < -0.4 is 5.73 Å².